The van der Waals surface area contributed by atoms with Gasteiger partial charge in [0.15, 0.2) is 5.11 Å². The summed E-state index contributed by atoms with van der Waals surface area (Å²) in [6, 6.07) is 16.1. The minimum Gasteiger partial charge on any atom is -0.496 e. The normalized spacial score (nSPS) is 11.7. The van der Waals surface area contributed by atoms with Crippen LogP contribution in [-0.2, 0) is 0 Å². The van der Waals surface area contributed by atoms with Gasteiger partial charge in [0.1, 0.15) is 17.5 Å². The first-order valence-electron chi connectivity index (χ1n) is 8.76. The Bertz CT molecular complexity index is 722. The van der Waals surface area contributed by atoms with E-state index in [-0.39, 0.29) is 6.04 Å². The molecule has 0 aliphatic rings. The number of para-hydroxylation sites is 3. The molecule has 0 spiro atoms. The number of likely N-dealkylation sites (N-methyl/N-ethyl adjacent to an activating group) is 1. The Morgan fingerprint density at radius 2 is 1.73 bits per heavy atom. The van der Waals surface area contributed by atoms with Gasteiger partial charge in [-0.1, -0.05) is 24.3 Å². The van der Waals surface area contributed by atoms with E-state index in [1.807, 2.05) is 49.4 Å². The van der Waals surface area contributed by atoms with Gasteiger partial charge in [0.2, 0.25) is 0 Å². The summed E-state index contributed by atoms with van der Waals surface area (Å²) >= 11 is 5.48. The van der Waals surface area contributed by atoms with Gasteiger partial charge in [-0.2, -0.15) is 0 Å². The van der Waals surface area contributed by atoms with Crippen molar-refractivity contribution in [2.75, 3.05) is 39.7 Å². The summed E-state index contributed by atoms with van der Waals surface area (Å²) in [5.41, 5.74) is 2.01. The number of methoxy groups -OCH3 is 1. The SMILES string of the molecule is CCOc1ccccc1NC(=S)NC[C@H](c1ccccc1OC)[NH+](C)C. The lowest BCUT2D eigenvalue weighted by Crippen LogP contribution is -3.07. The predicted molar refractivity (Wildman–Crippen MR) is 110 cm³/mol. The summed E-state index contributed by atoms with van der Waals surface area (Å²) < 4.78 is 11.1. The van der Waals surface area contributed by atoms with Crippen molar-refractivity contribution in [2.45, 2.75) is 13.0 Å². The number of benzene rings is 2. The van der Waals surface area contributed by atoms with Crippen LogP contribution in [0.3, 0.4) is 0 Å². The molecule has 0 fully saturated rings. The number of anilines is 1. The Hall–Kier alpha value is -2.31. The number of thiocarbonyl (C=S) groups is 1. The van der Waals surface area contributed by atoms with Crippen molar-refractivity contribution in [1.82, 2.24) is 5.32 Å². The van der Waals surface area contributed by atoms with Gasteiger partial charge in [-0.3, -0.25) is 0 Å². The molecule has 0 aliphatic carbocycles. The molecule has 0 aromatic heterocycles. The Balaban J connectivity index is 2.04. The van der Waals surface area contributed by atoms with Gasteiger partial charge in [0.05, 0.1) is 45.6 Å². The molecular weight excluding hydrogens is 346 g/mol. The molecule has 1 atom stereocenters. The van der Waals surface area contributed by atoms with E-state index in [9.17, 15) is 0 Å². The average molecular weight is 375 g/mol. The lowest BCUT2D eigenvalue weighted by atomic mass is 10.0. The molecular formula is C20H28N3O2S+. The van der Waals surface area contributed by atoms with Crippen molar-refractivity contribution < 1.29 is 14.4 Å². The lowest BCUT2D eigenvalue weighted by molar-refractivity contribution is -0.890. The standard InChI is InChI=1S/C20H27N3O2S/c1-5-25-19-13-9-7-11-16(19)22-20(26)21-14-17(23(2)3)15-10-6-8-12-18(15)24-4/h6-13,17H,5,14H2,1-4H3,(H2,21,22,26)/p+1/t17-/m1/s1. The van der Waals surface area contributed by atoms with Crippen LogP contribution >= 0.6 is 12.2 Å². The fourth-order valence-corrected chi connectivity index (χ4v) is 2.99. The molecule has 3 N–H and O–H groups in total. The number of hydrogen-bond donors (Lipinski definition) is 3. The highest BCUT2D eigenvalue weighted by molar-refractivity contribution is 7.80. The largest absolute Gasteiger partial charge is 0.496 e. The zero-order valence-corrected chi connectivity index (χ0v) is 16.7. The van der Waals surface area contributed by atoms with Crippen LogP contribution in [-0.4, -0.2) is 39.5 Å². The van der Waals surface area contributed by atoms with Crippen LogP contribution in [0.2, 0.25) is 0 Å². The van der Waals surface area contributed by atoms with Crippen LogP contribution in [0.25, 0.3) is 0 Å². The fourth-order valence-electron chi connectivity index (χ4n) is 2.79. The second-order valence-corrected chi connectivity index (χ2v) is 6.54. The van der Waals surface area contributed by atoms with Crippen molar-refractivity contribution in [3.05, 3.63) is 54.1 Å². The first kappa shape index (κ1) is 20.0. The molecule has 0 aliphatic heterocycles. The third-order valence-corrected chi connectivity index (χ3v) is 4.36. The van der Waals surface area contributed by atoms with Gasteiger partial charge in [0, 0.05) is 0 Å². The van der Waals surface area contributed by atoms with E-state index in [0.717, 1.165) is 22.7 Å². The lowest BCUT2D eigenvalue weighted by Gasteiger charge is -2.24. The van der Waals surface area contributed by atoms with E-state index in [1.54, 1.807) is 7.11 Å². The summed E-state index contributed by atoms with van der Waals surface area (Å²) in [6.07, 6.45) is 0. The maximum absolute atomic E-state index is 5.63. The third kappa shape index (κ3) is 5.34. The molecule has 0 unspecified atom stereocenters. The van der Waals surface area contributed by atoms with Gasteiger partial charge in [-0.15, -0.1) is 0 Å². The average Bonchev–Trinajstić information content (AvgIpc) is 2.64. The van der Waals surface area contributed by atoms with E-state index >= 15 is 0 Å². The second kappa shape index (κ2) is 9.99. The first-order valence-corrected chi connectivity index (χ1v) is 9.17. The molecule has 26 heavy (non-hydrogen) atoms. The van der Waals surface area contributed by atoms with Crippen LogP contribution in [0.4, 0.5) is 5.69 Å². The van der Waals surface area contributed by atoms with Crippen molar-refractivity contribution in [3.63, 3.8) is 0 Å². The first-order chi connectivity index (χ1) is 12.6. The van der Waals surface area contributed by atoms with E-state index in [4.69, 9.17) is 21.7 Å². The smallest absolute Gasteiger partial charge is 0.171 e. The molecule has 140 valence electrons. The van der Waals surface area contributed by atoms with E-state index in [2.05, 4.69) is 30.8 Å². The number of ether oxygens (including phenoxy) is 2. The van der Waals surface area contributed by atoms with Crippen molar-refractivity contribution in [1.29, 1.82) is 0 Å². The number of rotatable bonds is 8. The molecule has 2 aromatic carbocycles. The number of nitrogens with one attached hydrogen (secondary N) is 3. The quantitative estimate of drug-likeness (QED) is 0.619. The van der Waals surface area contributed by atoms with Gasteiger partial charge >= 0.3 is 0 Å². The molecule has 0 saturated heterocycles. The van der Waals surface area contributed by atoms with Crippen LogP contribution in [0.15, 0.2) is 48.5 Å². The summed E-state index contributed by atoms with van der Waals surface area (Å²) in [5.74, 6) is 1.68. The van der Waals surface area contributed by atoms with Crippen molar-refractivity contribution in [2.24, 2.45) is 0 Å². The molecule has 0 amide bonds. The Morgan fingerprint density at radius 3 is 2.38 bits per heavy atom. The third-order valence-electron chi connectivity index (χ3n) is 4.11. The maximum Gasteiger partial charge on any atom is 0.171 e. The highest BCUT2D eigenvalue weighted by atomic mass is 32.1. The van der Waals surface area contributed by atoms with Gasteiger partial charge in [0.25, 0.3) is 0 Å². The Morgan fingerprint density at radius 1 is 1.08 bits per heavy atom. The maximum atomic E-state index is 5.63. The highest BCUT2D eigenvalue weighted by Crippen LogP contribution is 2.24. The Kier molecular flexibility index (Phi) is 7.69. The summed E-state index contributed by atoms with van der Waals surface area (Å²) in [4.78, 5) is 1.29. The second-order valence-electron chi connectivity index (χ2n) is 6.14. The highest BCUT2D eigenvalue weighted by Gasteiger charge is 2.21. The summed E-state index contributed by atoms with van der Waals surface area (Å²) in [6.45, 7) is 3.26. The van der Waals surface area contributed by atoms with Crippen LogP contribution in [0.1, 0.15) is 18.5 Å². The van der Waals surface area contributed by atoms with E-state index < -0.39 is 0 Å². The fraction of sp³-hybridized carbons (Fsp3) is 0.350. The minimum absolute atomic E-state index is 0.202. The zero-order chi connectivity index (χ0) is 18.9. The number of quaternary nitrogens is 1. The Labute approximate surface area is 161 Å². The van der Waals surface area contributed by atoms with Gasteiger partial charge in [-0.25, -0.2) is 0 Å². The molecule has 0 radical (unpaired) electrons. The molecule has 2 rings (SSSR count). The topological polar surface area (TPSA) is 47.0 Å². The van der Waals surface area contributed by atoms with Gasteiger partial charge < -0.3 is 25.0 Å². The van der Waals surface area contributed by atoms with Crippen molar-refractivity contribution >= 4 is 23.0 Å². The van der Waals surface area contributed by atoms with E-state index in [0.29, 0.717) is 18.3 Å². The summed E-state index contributed by atoms with van der Waals surface area (Å²) in [7, 11) is 5.95. The predicted octanol–water partition coefficient (Wildman–Crippen LogP) is 2.27. The molecule has 2 aromatic rings. The summed E-state index contributed by atoms with van der Waals surface area (Å²) in [5, 5.41) is 7.11. The minimum atomic E-state index is 0.202. The van der Waals surface area contributed by atoms with Gasteiger partial charge in [-0.05, 0) is 43.4 Å². The van der Waals surface area contributed by atoms with E-state index in [1.165, 1.54) is 4.90 Å². The number of hydrogen-bond acceptors (Lipinski definition) is 3. The monoisotopic (exact) mass is 374 g/mol. The van der Waals surface area contributed by atoms with Crippen LogP contribution in [0, 0.1) is 0 Å². The molecule has 0 saturated carbocycles. The van der Waals surface area contributed by atoms with Crippen molar-refractivity contribution in [3.8, 4) is 11.5 Å². The van der Waals surface area contributed by atoms with Crippen LogP contribution < -0.4 is 25.0 Å². The molecule has 6 heteroatoms. The molecule has 0 heterocycles. The molecule has 0 bridgehead atoms. The van der Waals surface area contributed by atoms with Crippen LogP contribution in [0.5, 0.6) is 11.5 Å². The molecule has 5 nitrogen and oxygen atoms in total. The zero-order valence-electron chi connectivity index (χ0n) is 15.8.